The molecule has 2 rings (SSSR count). The van der Waals surface area contributed by atoms with Crippen molar-refractivity contribution >= 4 is 11.4 Å². The summed E-state index contributed by atoms with van der Waals surface area (Å²) >= 11 is 0. The van der Waals surface area contributed by atoms with Crippen LogP contribution in [0.2, 0.25) is 0 Å². The summed E-state index contributed by atoms with van der Waals surface area (Å²) in [7, 11) is 0. The number of nitro groups is 1. The van der Waals surface area contributed by atoms with E-state index < -0.39 is 4.92 Å². The maximum absolute atomic E-state index is 10.7. The molecule has 0 radical (unpaired) electrons. The normalized spacial score (nSPS) is 10.2. The van der Waals surface area contributed by atoms with Crippen LogP contribution in [-0.4, -0.2) is 16.5 Å². The molecule has 0 aliphatic rings. The van der Waals surface area contributed by atoms with Crippen LogP contribution in [0.5, 0.6) is 5.75 Å². The minimum absolute atomic E-state index is 0.0621. The van der Waals surface area contributed by atoms with Crippen LogP contribution in [-0.2, 0) is 6.61 Å². The van der Waals surface area contributed by atoms with Gasteiger partial charge in [0, 0.05) is 30.6 Å². The summed E-state index contributed by atoms with van der Waals surface area (Å²) in [5.41, 5.74) is 2.58. The van der Waals surface area contributed by atoms with E-state index >= 15 is 0 Å². The number of pyridine rings is 1. The summed E-state index contributed by atoms with van der Waals surface area (Å²) < 4.78 is 5.68. The fourth-order valence-electron chi connectivity index (χ4n) is 1.93. The lowest BCUT2D eigenvalue weighted by molar-refractivity contribution is -0.384. The van der Waals surface area contributed by atoms with Gasteiger partial charge in [-0.3, -0.25) is 15.1 Å². The molecule has 0 unspecified atom stereocenters. The van der Waals surface area contributed by atoms with Crippen molar-refractivity contribution in [1.82, 2.24) is 4.98 Å². The first-order valence-corrected chi connectivity index (χ1v) is 6.66. The maximum atomic E-state index is 10.7. The first kappa shape index (κ1) is 14.8. The summed E-state index contributed by atoms with van der Waals surface area (Å²) in [4.78, 5) is 14.5. The lowest BCUT2D eigenvalue weighted by Gasteiger charge is -2.09. The zero-order valence-corrected chi connectivity index (χ0v) is 12.0. The van der Waals surface area contributed by atoms with E-state index in [9.17, 15) is 10.1 Å². The van der Waals surface area contributed by atoms with E-state index in [2.05, 4.69) is 10.3 Å². The van der Waals surface area contributed by atoms with Crippen molar-refractivity contribution in [3.63, 3.8) is 0 Å². The van der Waals surface area contributed by atoms with Gasteiger partial charge < -0.3 is 10.1 Å². The van der Waals surface area contributed by atoms with Gasteiger partial charge in [0.05, 0.1) is 10.6 Å². The molecular weight excluding hydrogens is 270 g/mol. The molecule has 0 aliphatic carbocycles. The van der Waals surface area contributed by atoms with Gasteiger partial charge in [-0.15, -0.1) is 0 Å². The number of benzene rings is 1. The molecule has 110 valence electrons. The molecule has 1 N–H and O–H groups in total. The molecule has 0 bridgehead atoms. The molecule has 0 spiro atoms. The summed E-state index contributed by atoms with van der Waals surface area (Å²) in [6.07, 6.45) is 1.72. The second kappa shape index (κ2) is 6.69. The van der Waals surface area contributed by atoms with Crippen LogP contribution in [0.25, 0.3) is 0 Å². The summed E-state index contributed by atoms with van der Waals surface area (Å²) in [6, 6.07) is 8.36. The Morgan fingerprint density at radius 1 is 1.33 bits per heavy atom. The molecule has 2 aromatic rings. The van der Waals surface area contributed by atoms with Crippen molar-refractivity contribution in [2.24, 2.45) is 0 Å². The highest BCUT2D eigenvalue weighted by Gasteiger charge is 2.09. The first-order chi connectivity index (χ1) is 10.1. The van der Waals surface area contributed by atoms with Crippen LogP contribution in [0.1, 0.15) is 18.2 Å². The van der Waals surface area contributed by atoms with Crippen LogP contribution in [0.4, 0.5) is 11.4 Å². The summed E-state index contributed by atoms with van der Waals surface area (Å²) in [5, 5.41) is 13.9. The van der Waals surface area contributed by atoms with Gasteiger partial charge in [-0.25, -0.2) is 0 Å². The SMILES string of the molecule is CCNc1ccnc(COc2ccc([N+](=O)[O-])cc2C)c1. The smallest absolute Gasteiger partial charge is 0.269 e. The van der Waals surface area contributed by atoms with Crippen molar-refractivity contribution in [2.45, 2.75) is 20.5 Å². The molecule has 0 aliphatic heterocycles. The van der Waals surface area contributed by atoms with Crippen molar-refractivity contribution < 1.29 is 9.66 Å². The maximum Gasteiger partial charge on any atom is 0.269 e. The molecule has 1 aromatic carbocycles. The van der Waals surface area contributed by atoms with Gasteiger partial charge in [-0.2, -0.15) is 0 Å². The van der Waals surface area contributed by atoms with Crippen LogP contribution in [0.3, 0.4) is 0 Å². The number of nitrogens with zero attached hydrogens (tertiary/aromatic N) is 2. The van der Waals surface area contributed by atoms with Crippen molar-refractivity contribution in [2.75, 3.05) is 11.9 Å². The van der Waals surface area contributed by atoms with Crippen molar-refractivity contribution in [1.29, 1.82) is 0 Å². The Balaban J connectivity index is 2.06. The number of aryl methyl sites for hydroxylation is 1. The van der Waals surface area contributed by atoms with E-state index in [-0.39, 0.29) is 5.69 Å². The Hall–Kier alpha value is -2.63. The van der Waals surface area contributed by atoms with Gasteiger partial charge in [-0.1, -0.05) is 0 Å². The van der Waals surface area contributed by atoms with E-state index in [4.69, 9.17) is 4.74 Å². The molecule has 6 nitrogen and oxygen atoms in total. The van der Waals surface area contributed by atoms with Gasteiger partial charge in [0.25, 0.3) is 5.69 Å². The topological polar surface area (TPSA) is 77.3 Å². The Morgan fingerprint density at radius 3 is 2.81 bits per heavy atom. The lowest BCUT2D eigenvalue weighted by Crippen LogP contribution is -2.02. The quantitative estimate of drug-likeness (QED) is 0.651. The number of hydrogen-bond donors (Lipinski definition) is 1. The number of aromatic nitrogens is 1. The largest absolute Gasteiger partial charge is 0.487 e. The third-order valence-corrected chi connectivity index (χ3v) is 2.94. The van der Waals surface area contributed by atoms with Crippen LogP contribution >= 0.6 is 0 Å². The number of non-ortho nitro benzene ring substituents is 1. The molecule has 0 amide bonds. The fourth-order valence-corrected chi connectivity index (χ4v) is 1.93. The molecule has 1 heterocycles. The van der Waals surface area contributed by atoms with E-state index in [1.807, 2.05) is 19.1 Å². The Labute approximate surface area is 122 Å². The van der Waals surface area contributed by atoms with E-state index in [0.717, 1.165) is 23.5 Å². The molecule has 0 saturated carbocycles. The minimum Gasteiger partial charge on any atom is -0.487 e. The second-order valence-electron chi connectivity index (χ2n) is 4.56. The average Bonchev–Trinajstić information content (AvgIpc) is 2.46. The first-order valence-electron chi connectivity index (χ1n) is 6.66. The zero-order chi connectivity index (χ0) is 15.2. The number of hydrogen-bond acceptors (Lipinski definition) is 5. The van der Waals surface area contributed by atoms with Crippen LogP contribution in [0, 0.1) is 17.0 Å². The summed E-state index contributed by atoms with van der Waals surface area (Å²) in [5.74, 6) is 0.622. The average molecular weight is 287 g/mol. The molecule has 0 fully saturated rings. The highest BCUT2D eigenvalue weighted by atomic mass is 16.6. The number of ether oxygens (including phenoxy) is 1. The molecule has 21 heavy (non-hydrogen) atoms. The van der Waals surface area contributed by atoms with Gasteiger partial charge in [0.1, 0.15) is 12.4 Å². The zero-order valence-electron chi connectivity index (χ0n) is 12.0. The van der Waals surface area contributed by atoms with E-state index in [0.29, 0.717) is 12.4 Å². The lowest BCUT2D eigenvalue weighted by atomic mass is 10.2. The van der Waals surface area contributed by atoms with Gasteiger partial charge in [-0.05, 0) is 37.6 Å². The Morgan fingerprint density at radius 2 is 2.14 bits per heavy atom. The van der Waals surface area contributed by atoms with E-state index in [1.165, 1.54) is 12.1 Å². The van der Waals surface area contributed by atoms with Crippen LogP contribution in [0.15, 0.2) is 36.5 Å². The molecule has 0 atom stereocenters. The molecule has 0 saturated heterocycles. The van der Waals surface area contributed by atoms with Crippen molar-refractivity contribution in [3.8, 4) is 5.75 Å². The van der Waals surface area contributed by atoms with Gasteiger partial charge >= 0.3 is 0 Å². The highest BCUT2D eigenvalue weighted by Crippen LogP contribution is 2.24. The Bertz CT molecular complexity index is 644. The Kier molecular flexibility index (Phi) is 4.71. The van der Waals surface area contributed by atoms with Gasteiger partial charge in [0.2, 0.25) is 0 Å². The third kappa shape index (κ3) is 3.92. The van der Waals surface area contributed by atoms with Gasteiger partial charge in [0.15, 0.2) is 0 Å². The monoisotopic (exact) mass is 287 g/mol. The highest BCUT2D eigenvalue weighted by molar-refractivity contribution is 5.44. The third-order valence-electron chi connectivity index (χ3n) is 2.94. The molecular formula is C15H17N3O3. The number of rotatable bonds is 6. The standard InChI is InChI=1S/C15H17N3O3/c1-3-16-12-6-7-17-13(9-12)10-21-15-5-4-14(18(19)20)8-11(15)2/h4-9H,3,10H2,1-2H3,(H,16,17). The molecule has 6 heteroatoms. The predicted molar refractivity (Wildman–Crippen MR) is 80.6 cm³/mol. The molecule has 1 aromatic heterocycles. The van der Waals surface area contributed by atoms with E-state index in [1.54, 1.807) is 19.2 Å². The minimum atomic E-state index is -0.418. The summed E-state index contributed by atoms with van der Waals surface area (Å²) in [6.45, 7) is 4.96. The second-order valence-corrected chi connectivity index (χ2v) is 4.56. The fraction of sp³-hybridized carbons (Fsp3) is 0.267. The number of nitro benzene ring substituents is 1. The number of nitrogens with one attached hydrogen (secondary N) is 1. The predicted octanol–water partition coefficient (Wildman–Crippen LogP) is 3.31. The van der Waals surface area contributed by atoms with Crippen molar-refractivity contribution in [3.05, 3.63) is 57.9 Å². The van der Waals surface area contributed by atoms with Crippen LogP contribution < -0.4 is 10.1 Å². The number of anilines is 1.